The summed E-state index contributed by atoms with van der Waals surface area (Å²) in [6, 6.07) is 0. The Hall–Kier alpha value is -0.920. The van der Waals surface area contributed by atoms with Crippen LogP contribution in [0.15, 0.2) is 0 Å². The van der Waals surface area contributed by atoms with Gasteiger partial charge >= 0.3 is 0 Å². The second-order valence-corrected chi connectivity index (χ2v) is 20.1. The molecule has 19 atom stereocenters. The Balaban J connectivity index is 1.52. The number of rotatable bonds is 36. The minimum absolute atomic E-state index is 0.0711. The molecular formula is C49H92O23. The fourth-order valence-electron chi connectivity index (χ4n) is 9.40. The van der Waals surface area contributed by atoms with E-state index in [0.717, 1.165) is 77.0 Å². The van der Waals surface area contributed by atoms with Crippen molar-refractivity contribution in [2.24, 2.45) is 5.41 Å². The molecule has 0 saturated carbocycles. The molecule has 0 aromatic rings. The normalized spacial score (nSPS) is 36.8. The predicted octanol–water partition coefficient (Wildman–Crippen LogP) is -1.40. The van der Waals surface area contributed by atoms with Gasteiger partial charge in [0.05, 0.1) is 64.4 Å². The molecule has 10 unspecified atom stereocenters. The SMILES string of the molecule is CCCCCCCCCCOCC(COCCCCCCCCCC)(COC1OC(CO)[C@H](OC2OC(CO)[C@H](O)C(O)[C@H]2O)C(O)[C@H]1O)CO[C@H]1OC(CO)[C@H](O[C@H]2CC(O)[C@@H](O)C(CO)O2)C(O)[C@H]1O. The Kier molecular flexibility index (Phi) is 30.1. The molecule has 13 N–H and O–H groups in total. The van der Waals surface area contributed by atoms with Crippen LogP contribution in [-0.4, -0.2) is 249 Å². The number of hydrogen-bond acceptors (Lipinski definition) is 23. The molecule has 72 heavy (non-hydrogen) atoms. The molecule has 0 bridgehead atoms. The van der Waals surface area contributed by atoms with E-state index in [-0.39, 0.29) is 32.8 Å². The van der Waals surface area contributed by atoms with Crippen molar-refractivity contribution in [3.63, 3.8) is 0 Å². The summed E-state index contributed by atoms with van der Waals surface area (Å²) in [4.78, 5) is 0. The van der Waals surface area contributed by atoms with Crippen LogP contribution in [0.25, 0.3) is 0 Å². The standard InChI is InChI=1S/C49H92O23/c1-3-5-7-9-11-13-15-17-19-63-26-49(27-64-20-18-16-14-12-10-8-6-4-2,28-65-46-42(61)39(58)44(33(24-52)69-46)71-35-21-30(54)36(55)31(22-50)67-35)29-66-47-43(62)40(59)45(34(25-53)70-47)72-48-41(60)38(57)37(56)32(23-51)68-48/h30-48,50-62H,3-29H2,1-2H3/t30?,31?,32?,33?,34?,35-,36+,37-,38?,39?,40?,41+,42+,43+,44-,45-,46-,47?,48?/m0/s1. The van der Waals surface area contributed by atoms with E-state index in [1.54, 1.807) is 0 Å². The number of aliphatic hydroxyl groups excluding tert-OH is 13. The first-order valence-corrected chi connectivity index (χ1v) is 26.6. The van der Waals surface area contributed by atoms with Crippen molar-refractivity contribution >= 4 is 0 Å². The largest absolute Gasteiger partial charge is 0.394 e. The maximum atomic E-state index is 11.4. The van der Waals surface area contributed by atoms with E-state index in [1.807, 2.05) is 0 Å². The summed E-state index contributed by atoms with van der Waals surface area (Å²) in [5.74, 6) is 0. The van der Waals surface area contributed by atoms with Crippen LogP contribution < -0.4 is 0 Å². The summed E-state index contributed by atoms with van der Waals surface area (Å²) in [6.45, 7) is 1.28. The quantitative estimate of drug-likeness (QED) is 0.0321. The van der Waals surface area contributed by atoms with E-state index in [0.29, 0.717) is 13.2 Å². The van der Waals surface area contributed by atoms with Crippen molar-refractivity contribution in [3.8, 4) is 0 Å². The lowest BCUT2D eigenvalue weighted by Gasteiger charge is -2.46. The van der Waals surface area contributed by atoms with Crippen molar-refractivity contribution < 1.29 is 114 Å². The van der Waals surface area contributed by atoms with Crippen LogP contribution in [0.3, 0.4) is 0 Å². The van der Waals surface area contributed by atoms with Gasteiger partial charge in [0, 0.05) is 19.6 Å². The van der Waals surface area contributed by atoms with Gasteiger partial charge in [0.25, 0.3) is 0 Å². The smallest absolute Gasteiger partial charge is 0.187 e. The molecule has 4 heterocycles. The highest BCUT2D eigenvalue weighted by Gasteiger charge is 2.53. The Morgan fingerprint density at radius 1 is 0.389 bits per heavy atom. The highest BCUT2D eigenvalue weighted by Crippen LogP contribution is 2.34. The van der Waals surface area contributed by atoms with E-state index in [1.165, 1.54) is 25.7 Å². The molecule has 426 valence electrons. The fourth-order valence-corrected chi connectivity index (χ4v) is 9.40. The summed E-state index contributed by atoms with van der Waals surface area (Å²) < 4.78 is 59.6. The molecule has 0 amide bonds. The van der Waals surface area contributed by atoms with Gasteiger partial charge in [-0.05, 0) is 12.8 Å². The number of aliphatic hydroxyl groups is 13. The average molecular weight is 1050 g/mol. The van der Waals surface area contributed by atoms with Gasteiger partial charge in [0.2, 0.25) is 0 Å². The van der Waals surface area contributed by atoms with Crippen molar-refractivity contribution in [3.05, 3.63) is 0 Å². The van der Waals surface area contributed by atoms with Crippen LogP contribution in [0.1, 0.15) is 123 Å². The maximum Gasteiger partial charge on any atom is 0.187 e. The van der Waals surface area contributed by atoms with Gasteiger partial charge in [-0.25, -0.2) is 0 Å². The molecule has 4 aliphatic heterocycles. The molecule has 23 heteroatoms. The van der Waals surface area contributed by atoms with Crippen LogP contribution in [0.4, 0.5) is 0 Å². The second-order valence-electron chi connectivity index (χ2n) is 20.1. The van der Waals surface area contributed by atoms with Gasteiger partial charge in [-0.2, -0.15) is 0 Å². The van der Waals surface area contributed by atoms with E-state index in [9.17, 15) is 66.4 Å². The zero-order valence-electron chi connectivity index (χ0n) is 42.5. The van der Waals surface area contributed by atoms with Crippen LogP contribution in [0.5, 0.6) is 0 Å². The van der Waals surface area contributed by atoms with E-state index < -0.39 is 149 Å². The minimum Gasteiger partial charge on any atom is -0.394 e. The Morgan fingerprint density at radius 3 is 1.22 bits per heavy atom. The molecule has 0 aromatic carbocycles. The lowest BCUT2D eigenvalue weighted by molar-refractivity contribution is -0.363. The van der Waals surface area contributed by atoms with Crippen LogP contribution in [-0.2, 0) is 47.4 Å². The third-order valence-corrected chi connectivity index (χ3v) is 14.0. The molecule has 0 radical (unpaired) electrons. The van der Waals surface area contributed by atoms with Gasteiger partial charge < -0.3 is 114 Å². The predicted molar refractivity (Wildman–Crippen MR) is 253 cm³/mol. The zero-order valence-corrected chi connectivity index (χ0v) is 42.5. The van der Waals surface area contributed by atoms with Crippen LogP contribution >= 0.6 is 0 Å². The Morgan fingerprint density at radius 2 is 0.778 bits per heavy atom. The van der Waals surface area contributed by atoms with Crippen molar-refractivity contribution in [1.29, 1.82) is 0 Å². The molecule has 4 fully saturated rings. The molecule has 0 aromatic heterocycles. The van der Waals surface area contributed by atoms with Crippen molar-refractivity contribution in [2.45, 2.75) is 240 Å². The van der Waals surface area contributed by atoms with Crippen LogP contribution in [0.2, 0.25) is 0 Å². The summed E-state index contributed by atoms with van der Waals surface area (Å²) in [5.41, 5.74) is -1.28. The molecule has 4 aliphatic rings. The number of ether oxygens (including phenoxy) is 10. The average Bonchev–Trinajstić information content (AvgIpc) is 3.38. The molecule has 0 spiro atoms. The van der Waals surface area contributed by atoms with Gasteiger partial charge in [0.1, 0.15) is 85.5 Å². The molecule has 23 nitrogen and oxygen atoms in total. The monoisotopic (exact) mass is 1050 g/mol. The topological polar surface area (TPSA) is 355 Å². The first-order valence-electron chi connectivity index (χ1n) is 26.6. The fraction of sp³-hybridized carbons (Fsp3) is 1.00. The summed E-state index contributed by atoms with van der Waals surface area (Å²) in [5, 5.41) is 138. The lowest BCUT2D eigenvalue weighted by atomic mass is 9.91. The van der Waals surface area contributed by atoms with Gasteiger partial charge in [-0.15, -0.1) is 0 Å². The third-order valence-electron chi connectivity index (χ3n) is 14.0. The number of hydrogen-bond donors (Lipinski definition) is 13. The summed E-state index contributed by atoms with van der Waals surface area (Å²) in [7, 11) is 0. The number of unbranched alkanes of at least 4 members (excludes halogenated alkanes) is 14. The van der Waals surface area contributed by atoms with E-state index in [4.69, 9.17) is 47.4 Å². The Labute approximate surface area is 424 Å². The zero-order chi connectivity index (χ0) is 52.6. The van der Waals surface area contributed by atoms with E-state index >= 15 is 0 Å². The van der Waals surface area contributed by atoms with Gasteiger partial charge in [-0.1, -0.05) is 104 Å². The first-order chi connectivity index (χ1) is 34.7. The van der Waals surface area contributed by atoms with Crippen molar-refractivity contribution in [2.75, 3.05) is 66.1 Å². The lowest BCUT2D eigenvalue weighted by Crippen LogP contribution is -2.65. The minimum atomic E-state index is -1.86. The molecule has 4 rings (SSSR count). The van der Waals surface area contributed by atoms with E-state index in [2.05, 4.69) is 13.8 Å². The molecule has 4 saturated heterocycles. The third kappa shape index (κ3) is 19.2. The highest BCUT2D eigenvalue weighted by molar-refractivity contribution is 4.96. The first kappa shape index (κ1) is 63.6. The molecule has 0 aliphatic carbocycles. The summed E-state index contributed by atoms with van der Waals surface area (Å²) >= 11 is 0. The Bertz CT molecular complexity index is 1360. The highest BCUT2D eigenvalue weighted by atomic mass is 16.8. The maximum absolute atomic E-state index is 11.4. The van der Waals surface area contributed by atoms with Gasteiger partial charge in [0.15, 0.2) is 25.2 Å². The molecular weight excluding hydrogens is 957 g/mol. The van der Waals surface area contributed by atoms with Gasteiger partial charge in [-0.3, -0.25) is 0 Å². The van der Waals surface area contributed by atoms with Crippen LogP contribution in [0, 0.1) is 5.41 Å². The second kappa shape index (κ2) is 34.1. The summed E-state index contributed by atoms with van der Waals surface area (Å²) in [6.07, 6.45) is -13.1. The van der Waals surface area contributed by atoms with Crippen molar-refractivity contribution in [1.82, 2.24) is 0 Å².